The van der Waals surface area contributed by atoms with Crippen molar-refractivity contribution < 1.29 is 9.30 Å². The van der Waals surface area contributed by atoms with Gasteiger partial charge < -0.3 is 24.8 Å². The second kappa shape index (κ2) is 10.4. The highest BCUT2D eigenvalue weighted by Crippen LogP contribution is 2.40. The maximum absolute atomic E-state index is 12.9. The Morgan fingerprint density at radius 2 is 1.81 bits per heavy atom. The molecule has 0 spiro atoms. The van der Waals surface area contributed by atoms with Crippen LogP contribution in [0.1, 0.15) is 29.9 Å². The molecule has 0 amide bonds. The minimum absolute atomic E-state index is 0.479. The number of aromatic nitrogens is 2. The molecular formula is C28H34N5O2PS. The smallest absolute Gasteiger partial charge is 0.229 e. The van der Waals surface area contributed by atoms with Crippen LogP contribution in [0.5, 0.6) is 5.75 Å². The van der Waals surface area contributed by atoms with Gasteiger partial charge in [0.2, 0.25) is 5.95 Å². The molecule has 194 valence electrons. The van der Waals surface area contributed by atoms with Crippen molar-refractivity contribution in [3.05, 3.63) is 59.0 Å². The number of anilines is 4. The largest absolute Gasteiger partial charge is 0.495 e. The van der Waals surface area contributed by atoms with Crippen LogP contribution < -0.4 is 20.7 Å². The third-order valence-corrected chi connectivity index (χ3v) is 9.49. The number of fused-ring (bicyclic) bond motifs is 1. The summed E-state index contributed by atoms with van der Waals surface area (Å²) in [5, 5.41) is 9.66. The van der Waals surface area contributed by atoms with Gasteiger partial charge in [-0.1, -0.05) is 12.1 Å². The normalized spacial score (nSPS) is 15.2. The van der Waals surface area contributed by atoms with Crippen molar-refractivity contribution in [3.63, 3.8) is 0 Å². The molecule has 2 N–H and O–H groups in total. The summed E-state index contributed by atoms with van der Waals surface area (Å²) in [5.74, 6) is 2.49. The Morgan fingerprint density at radius 1 is 1.05 bits per heavy atom. The van der Waals surface area contributed by atoms with Gasteiger partial charge in [0.15, 0.2) is 5.82 Å². The number of methoxy groups -OCH3 is 1. The zero-order valence-electron chi connectivity index (χ0n) is 22.0. The van der Waals surface area contributed by atoms with Gasteiger partial charge in [0.1, 0.15) is 12.9 Å². The molecule has 3 heterocycles. The Hall–Kier alpha value is -2.93. The summed E-state index contributed by atoms with van der Waals surface area (Å²) in [6, 6.07) is 14.0. The number of nitrogens with one attached hydrogen (secondary N) is 2. The van der Waals surface area contributed by atoms with Crippen LogP contribution in [0.15, 0.2) is 47.8 Å². The second-order valence-electron chi connectivity index (χ2n) is 10.1. The Labute approximate surface area is 222 Å². The van der Waals surface area contributed by atoms with Gasteiger partial charge in [0.05, 0.1) is 28.7 Å². The molecule has 37 heavy (non-hydrogen) atoms. The lowest BCUT2D eigenvalue weighted by atomic mass is 9.86. The van der Waals surface area contributed by atoms with E-state index in [9.17, 15) is 4.57 Å². The predicted molar refractivity (Wildman–Crippen MR) is 157 cm³/mol. The molecule has 0 saturated carbocycles. The number of nitrogens with zero attached hydrogens (tertiary/aromatic N) is 3. The van der Waals surface area contributed by atoms with Crippen molar-refractivity contribution in [2.24, 2.45) is 0 Å². The third-order valence-electron chi connectivity index (χ3n) is 7.03. The maximum Gasteiger partial charge on any atom is 0.229 e. The number of benzene rings is 2. The van der Waals surface area contributed by atoms with Crippen LogP contribution in [0.25, 0.3) is 10.2 Å². The van der Waals surface area contributed by atoms with E-state index in [2.05, 4.69) is 41.6 Å². The molecular weight excluding hydrogens is 501 g/mol. The van der Waals surface area contributed by atoms with Crippen molar-refractivity contribution in [2.75, 3.05) is 51.2 Å². The van der Waals surface area contributed by atoms with Crippen molar-refractivity contribution in [1.29, 1.82) is 0 Å². The average molecular weight is 536 g/mol. The molecule has 7 nitrogen and oxygen atoms in total. The molecule has 1 fully saturated rings. The molecule has 1 saturated heterocycles. The maximum atomic E-state index is 12.9. The van der Waals surface area contributed by atoms with E-state index in [0.717, 1.165) is 58.6 Å². The number of hydrogen-bond donors (Lipinski definition) is 2. The van der Waals surface area contributed by atoms with Crippen molar-refractivity contribution in [1.82, 2.24) is 14.9 Å². The van der Waals surface area contributed by atoms with Crippen LogP contribution in [-0.2, 0) is 4.57 Å². The number of para-hydroxylation sites is 1. The van der Waals surface area contributed by atoms with Crippen molar-refractivity contribution >= 4 is 57.1 Å². The number of piperidine rings is 1. The summed E-state index contributed by atoms with van der Waals surface area (Å²) in [7, 11) is 1.41. The quantitative estimate of drug-likeness (QED) is 0.260. The van der Waals surface area contributed by atoms with Gasteiger partial charge in [-0.05, 0) is 106 Å². The van der Waals surface area contributed by atoms with E-state index in [4.69, 9.17) is 14.7 Å². The highest BCUT2D eigenvalue weighted by Gasteiger charge is 2.22. The lowest BCUT2D eigenvalue weighted by molar-refractivity contribution is 0.255. The van der Waals surface area contributed by atoms with Gasteiger partial charge in [0.25, 0.3) is 0 Å². The van der Waals surface area contributed by atoms with E-state index in [-0.39, 0.29) is 0 Å². The Balaban J connectivity index is 1.49. The molecule has 4 aromatic rings. The van der Waals surface area contributed by atoms with Crippen LogP contribution in [0.2, 0.25) is 0 Å². The SMILES string of the molecule is COc1cc(C2CCN(C)CC2)c(C)cc1Nc1nc(Nc2ccccc2P(C)(C)=O)c2sccc2n1. The number of likely N-dealkylation sites (tertiary alicyclic amines) is 1. The molecule has 2 aromatic carbocycles. The fourth-order valence-electron chi connectivity index (χ4n) is 5.03. The van der Waals surface area contributed by atoms with Gasteiger partial charge in [-0.3, -0.25) is 0 Å². The molecule has 0 radical (unpaired) electrons. The van der Waals surface area contributed by atoms with Gasteiger partial charge in [-0.15, -0.1) is 11.3 Å². The highest BCUT2D eigenvalue weighted by molar-refractivity contribution is 7.70. The first-order chi connectivity index (χ1) is 17.7. The summed E-state index contributed by atoms with van der Waals surface area (Å²) >= 11 is 1.58. The van der Waals surface area contributed by atoms with Crippen molar-refractivity contribution in [2.45, 2.75) is 25.7 Å². The molecule has 0 aliphatic carbocycles. The number of rotatable bonds is 7. The van der Waals surface area contributed by atoms with E-state index in [0.29, 0.717) is 17.7 Å². The first-order valence-electron chi connectivity index (χ1n) is 12.5. The number of aryl methyl sites for hydroxylation is 1. The van der Waals surface area contributed by atoms with Crippen molar-refractivity contribution in [3.8, 4) is 5.75 Å². The van der Waals surface area contributed by atoms with Crippen LogP contribution in [0.4, 0.5) is 23.1 Å². The lowest BCUT2D eigenvalue weighted by Crippen LogP contribution is -2.29. The predicted octanol–water partition coefficient (Wildman–Crippen LogP) is 6.55. The lowest BCUT2D eigenvalue weighted by Gasteiger charge is -2.30. The fourth-order valence-corrected chi connectivity index (χ4v) is 6.96. The fraction of sp³-hybridized carbons (Fsp3) is 0.357. The van der Waals surface area contributed by atoms with E-state index in [1.165, 1.54) is 11.1 Å². The zero-order chi connectivity index (χ0) is 26.2. The monoisotopic (exact) mass is 535 g/mol. The minimum Gasteiger partial charge on any atom is -0.495 e. The first-order valence-corrected chi connectivity index (χ1v) is 16.0. The van der Waals surface area contributed by atoms with Gasteiger partial charge >= 0.3 is 0 Å². The van der Waals surface area contributed by atoms with E-state index >= 15 is 0 Å². The summed E-state index contributed by atoms with van der Waals surface area (Å²) in [6.07, 6.45) is 2.31. The van der Waals surface area contributed by atoms with Crippen LogP contribution >= 0.6 is 18.5 Å². The Morgan fingerprint density at radius 3 is 2.54 bits per heavy atom. The number of thiophene rings is 1. The van der Waals surface area contributed by atoms with Crippen LogP contribution in [0.3, 0.4) is 0 Å². The van der Waals surface area contributed by atoms with Crippen LogP contribution in [0, 0.1) is 6.92 Å². The molecule has 0 bridgehead atoms. The molecule has 1 aliphatic heterocycles. The standard InChI is InChI=1S/C28H34N5O2PS/c1-18-16-23(24(35-3)17-20(18)19-10-13-33(2)14-11-19)31-28-30-22-12-15-37-26(22)27(32-28)29-21-8-6-7-9-25(21)36(4,5)34/h6-9,12,15-17,19H,10-11,13-14H2,1-5H3,(H2,29,30,31,32). The average Bonchev–Trinajstić information content (AvgIpc) is 3.34. The molecule has 2 aromatic heterocycles. The molecule has 5 rings (SSSR count). The summed E-state index contributed by atoms with van der Waals surface area (Å²) < 4.78 is 19.7. The number of hydrogen-bond acceptors (Lipinski definition) is 8. The summed E-state index contributed by atoms with van der Waals surface area (Å²) in [6.45, 7) is 7.96. The Kier molecular flexibility index (Phi) is 7.26. The van der Waals surface area contributed by atoms with Gasteiger partial charge in [-0.25, -0.2) is 4.98 Å². The highest BCUT2D eigenvalue weighted by atomic mass is 32.1. The topological polar surface area (TPSA) is 79.4 Å². The van der Waals surface area contributed by atoms with E-state index < -0.39 is 7.14 Å². The summed E-state index contributed by atoms with van der Waals surface area (Å²) in [5.41, 5.74) is 5.07. The Bertz CT molecular complexity index is 1470. The molecule has 9 heteroatoms. The molecule has 0 atom stereocenters. The van der Waals surface area contributed by atoms with E-state index in [1.807, 2.05) is 35.7 Å². The van der Waals surface area contributed by atoms with E-state index in [1.54, 1.807) is 31.8 Å². The number of ether oxygens (including phenoxy) is 1. The minimum atomic E-state index is -2.48. The zero-order valence-corrected chi connectivity index (χ0v) is 23.7. The third kappa shape index (κ3) is 5.52. The van der Waals surface area contributed by atoms with Gasteiger partial charge in [0, 0.05) is 5.30 Å². The summed E-state index contributed by atoms with van der Waals surface area (Å²) in [4.78, 5) is 12.0. The first kappa shape index (κ1) is 25.7. The van der Waals surface area contributed by atoms with Gasteiger partial charge in [-0.2, -0.15) is 4.98 Å². The molecule has 1 aliphatic rings. The van der Waals surface area contributed by atoms with Crippen LogP contribution in [-0.4, -0.2) is 55.4 Å². The second-order valence-corrected chi connectivity index (χ2v) is 14.2. The molecule has 0 unspecified atom stereocenters.